The molecule has 156 valence electrons. The van der Waals surface area contributed by atoms with E-state index in [0.29, 0.717) is 0 Å². The quantitative estimate of drug-likeness (QED) is 0.401. The van der Waals surface area contributed by atoms with Gasteiger partial charge in [-0.3, -0.25) is 4.52 Å². The lowest BCUT2D eigenvalue weighted by Crippen LogP contribution is -2.15. The van der Waals surface area contributed by atoms with E-state index in [0.717, 1.165) is 25.7 Å². The van der Waals surface area contributed by atoms with E-state index in [9.17, 15) is 4.57 Å². The second kappa shape index (κ2) is 13.3. The SMILES string of the molecule is COP(=O)(OC1CCCCC1)SC.COP(=S)(OC)OC1CCCCC1. The number of hydrogen-bond acceptors (Lipinski definition) is 8. The first-order valence-electron chi connectivity index (χ1n) is 9.20. The van der Waals surface area contributed by atoms with Crippen molar-refractivity contribution in [1.82, 2.24) is 0 Å². The van der Waals surface area contributed by atoms with Gasteiger partial charge in [-0.15, -0.1) is 0 Å². The van der Waals surface area contributed by atoms with Crippen molar-refractivity contribution in [3.63, 3.8) is 0 Å². The molecule has 1 atom stereocenters. The van der Waals surface area contributed by atoms with Gasteiger partial charge in [-0.25, -0.2) is 4.57 Å². The van der Waals surface area contributed by atoms with E-state index in [1.807, 2.05) is 0 Å². The topological polar surface area (TPSA) is 63.2 Å². The van der Waals surface area contributed by atoms with Crippen LogP contribution >= 0.6 is 24.9 Å². The van der Waals surface area contributed by atoms with E-state index in [2.05, 4.69) is 0 Å². The smallest absolute Gasteiger partial charge is 0.312 e. The molecular formula is C16H34O6P2S2. The van der Waals surface area contributed by atoms with Crippen LogP contribution in [0.25, 0.3) is 0 Å². The molecule has 0 aromatic heterocycles. The van der Waals surface area contributed by atoms with Crippen molar-refractivity contribution in [2.45, 2.75) is 76.4 Å². The summed E-state index contributed by atoms with van der Waals surface area (Å²) in [5, 5.41) is 0. The summed E-state index contributed by atoms with van der Waals surface area (Å²) in [6.07, 6.45) is 13.8. The zero-order chi connectivity index (χ0) is 19.5. The minimum atomic E-state index is -2.83. The fraction of sp³-hybridized carbons (Fsp3) is 1.00. The molecule has 0 aromatic carbocycles. The molecule has 6 nitrogen and oxygen atoms in total. The molecule has 0 saturated heterocycles. The molecule has 0 radical (unpaired) electrons. The van der Waals surface area contributed by atoms with Crippen LogP contribution in [0, 0.1) is 0 Å². The van der Waals surface area contributed by atoms with Gasteiger partial charge in [0, 0.05) is 21.3 Å². The zero-order valence-electron chi connectivity index (χ0n) is 16.4. The molecule has 0 bridgehead atoms. The first-order valence-corrected chi connectivity index (χ1v) is 15.1. The Morgan fingerprint density at radius 1 is 0.769 bits per heavy atom. The van der Waals surface area contributed by atoms with Crippen LogP contribution < -0.4 is 0 Å². The minimum Gasteiger partial charge on any atom is -0.312 e. The van der Waals surface area contributed by atoms with Gasteiger partial charge in [-0.1, -0.05) is 38.5 Å². The van der Waals surface area contributed by atoms with Crippen molar-refractivity contribution in [1.29, 1.82) is 0 Å². The van der Waals surface area contributed by atoms with Crippen molar-refractivity contribution < 1.29 is 27.2 Å². The van der Waals surface area contributed by atoms with Crippen LogP contribution in [0.5, 0.6) is 0 Å². The lowest BCUT2D eigenvalue weighted by atomic mass is 9.98. The van der Waals surface area contributed by atoms with Crippen LogP contribution in [-0.4, -0.2) is 39.8 Å². The largest absolute Gasteiger partial charge is 0.388 e. The van der Waals surface area contributed by atoms with Crippen molar-refractivity contribution >= 4 is 36.7 Å². The third-order valence-corrected chi connectivity index (χ3v) is 10.7. The maximum atomic E-state index is 11.7. The minimum absolute atomic E-state index is 0.145. The van der Waals surface area contributed by atoms with Crippen LogP contribution in [-0.2, 0) is 39.0 Å². The van der Waals surface area contributed by atoms with E-state index in [4.69, 9.17) is 34.4 Å². The molecule has 2 aliphatic rings. The summed E-state index contributed by atoms with van der Waals surface area (Å²) in [6, 6.07) is 0. The van der Waals surface area contributed by atoms with Crippen LogP contribution in [0.3, 0.4) is 0 Å². The van der Waals surface area contributed by atoms with Crippen molar-refractivity contribution in [3.8, 4) is 0 Å². The molecule has 26 heavy (non-hydrogen) atoms. The van der Waals surface area contributed by atoms with E-state index < -0.39 is 13.5 Å². The van der Waals surface area contributed by atoms with Crippen LogP contribution in [0.2, 0.25) is 0 Å². The Morgan fingerprint density at radius 3 is 1.54 bits per heavy atom. The second-order valence-electron chi connectivity index (χ2n) is 6.36. The third kappa shape index (κ3) is 9.49. The highest BCUT2D eigenvalue weighted by molar-refractivity contribution is 8.54. The van der Waals surface area contributed by atoms with Gasteiger partial charge in [0.25, 0.3) is 0 Å². The summed E-state index contributed by atoms with van der Waals surface area (Å²) in [4.78, 5) is 0. The molecule has 10 heteroatoms. The highest BCUT2D eigenvalue weighted by atomic mass is 32.7. The van der Waals surface area contributed by atoms with Gasteiger partial charge in [0.1, 0.15) is 0 Å². The van der Waals surface area contributed by atoms with E-state index in [1.165, 1.54) is 57.0 Å². The fourth-order valence-electron chi connectivity index (χ4n) is 3.03. The first-order chi connectivity index (χ1) is 12.4. The number of rotatable bonds is 8. The van der Waals surface area contributed by atoms with Crippen molar-refractivity contribution in [3.05, 3.63) is 0 Å². The molecule has 0 aliphatic heterocycles. The molecule has 0 spiro atoms. The molecule has 1 unspecified atom stereocenters. The second-order valence-corrected chi connectivity index (χ2v) is 13.8. The van der Waals surface area contributed by atoms with Gasteiger partial charge in [-0.05, 0) is 55.1 Å². The molecule has 2 fully saturated rings. The summed E-state index contributed by atoms with van der Waals surface area (Å²) in [5.74, 6) is 0. The molecule has 0 heterocycles. The molecule has 2 saturated carbocycles. The maximum Gasteiger partial charge on any atom is 0.388 e. The van der Waals surface area contributed by atoms with Gasteiger partial charge in [-0.2, -0.15) is 0 Å². The fourth-order valence-corrected chi connectivity index (χ4v) is 6.26. The molecule has 2 aliphatic carbocycles. The van der Waals surface area contributed by atoms with Gasteiger partial charge < -0.3 is 18.1 Å². The monoisotopic (exact) mass is 448 g/mol. The van der Waals surface area contributed by atoms with Crippen molar-refractivity contribution in [2.24, 2.45) is 0 Å². The summed E-state index contributed by atoms with van der Waals surface area (Å²) >= 11 is 6.31. The zero-order valence-corrected chi connectivity index (χ0v) is 19.8. The van der Waals surface area contributed by atoms with Gasteiger partial charge in [0.05, 0.1) is 12.2 Å². The standard InChI is InChI=1S/2C8H17O3PS/c1-10-12(9,13-2)11-8-6-4-3-5-7-8;1-9-12(13,10-2)11-8-6-4-3-5-7-8/h2*8H,3-7H2,1-2H3. The Morgan fingerprint density at radius 2 is 1.19 bits per heavy atom. The van der Waals surface area contributed by atoms with Crippen LogP contribution in [0.1, 0.15) is 64.2 Å². The predicted octanol–water partition coefficient (Wildman–Crippen LogP) is 6.31. The Labute approximate surface area is 167 Å². The first kappa shape index (κ1) is 25.1. The average molecular weight is 449 g/mol. The van der Waals surface area contributed by atoms with Crippen LogP contribution in [0.4, 0.5) is 0 Å². The Hall–Kier alpha value is 1.03. The van der Waals surface area contributed by atoms with Crippen molar-refractivity contribution in [2.75, 3.05) is 27.6 Å². The average Bonchev–Trinajstić information content (AvgIpc) is 2.70. The lowest BCUT2D eigenvalue weighted by molar-refractivity contribution is 0.113. The summed E-state index contributed by atoms with van der Waals surface area (Å²) < 4.78 is 37.9. The summed E-state index contributed by atoms with van der Waals surface area (Å²) in [7, 11) is 4.54. The van der Waals surface area contributed by atoms with Gasteiger partial charge in [0.2, 0.25) is 0 Å². The Kier molecular flexibility index (Phi) is 12.8. The van der Waals surface area contributed by atoms with E-state index in [-0.39, 0.29) is 12.2 Å². The molecule has 0 amide bonds. The third-order valence-electron chi connectivity index (χ3n) is 4.56. The highest BCUT2D eigenvalue weighted by Crippen LogP contribution is 2.60. The molecule has 0 N–H and O–H groups in total. The van der Waals surface area contributed by atoms with Gasteiger partial charge in [0.15, 0.2) is 0 Å². The van der Waals surface area contributed by atoms with E-state index in [1.54, 1.807) is 20.5 Å². The van der Waals surface area contributed by atoms with Gasteiger partial charge >= 0.3 is 13.5 Å². The molecule has 2 rings (SSSR count). The number of hydrogen-bond donors (Lipinski definition) is 0. The highest BCUT2D eigenvalue weighted by Gasteiger charge is 2.27. The summed E-state index contributed by atoms with van der Waals surface area (Å²) in [5.41, 5.74) is 0. The maximum absolute atomic E-state index is 11.7. The molecular weight excluding hydrogens is 414 g/mol. The predicted molar refractivity (Wildman–Crippen MR) is 112 cm³/mol. The molecule has 0 aromatic rings. The normalized spacial score (nSPS) is 22.3. The Bertz CT molecular complexity index is 410. The van der Waals surface area contributed by atoms with Crippen LogP contribution in [0.15, 0.2) is 0 Å². The van der Waals surface area contributed by atoms with E-state index >= 15 is 0 Å². The Balaban J connectivity index is 0.000000260. The summed E-state index contributed by atoms with van der Waals surface area (Å²) in [6.45, 7) is -5.25. The lowest BCUT2D eigenvalue weighted by Gasteiger charge is -2.27.